The van der Waals surface area contributed by atoms with E-state index in [0.29, 0.717) is 0 Å². The molecule has 0 fully saturated rings. The highest BCUT2D eigenvalue weighted by molar-refractivity contribution is 6.17. The Morgan fingerprint density at radius 3 is 1.93 bits per heavy atom. The SMILES string of the molecule is Cc1nc(-c2ccccc2)c(-c2ccccc2)c2c1ccc1ccccc12. The Balaban J connectivity index is 2.03. The number of benzene rings is 4. The summed E-state index contributed by atoms with van der Waals surface area (Å²) >= 11 is 0. The molecule has 128 valence electrons. The number of hydrogen-bond donors (Lipinski definition) is 0. The van der Waals surface area contributed by atoms with Gasteiger partial charge >= 0.3 is 0 Å². The molecular formula is C26H19N. The highest BCUT2D eigenvalue weighted by atomic mass is 14.7. The van der Waals surface area contributed by atoms with Crippen molar-refractivity contribution >= 4 is 21.5 Å². The van der Waals surface area contributed by atoms with Crippen molar-refractivity contribution in [2.75, 3.05) is 0 Å². The molecule has 5 rings (SSSR count). The summed E-state index contributed by atoms with van der Waals surface area (Å²) in [5.41, 5.74) is 5.66. The summed E-state index contributed by atoms with van der Waals surface area (Å²) < 4.78 is 0. The fourth-order valence-electron chi connectivity index (χ4n) is 3.94. The molecule has 27 heavy (non-hydrogen) atoms. The van der Waals surface area contributed by atoms with Gasteiger partial charge in [0, 0.05) is 27.6 Å². The van der Waals surface area contributed by atoms with Gasteiger partial charge < -0.3 is 0 Å². The molecule has 0 saturated heterocycles. The summed E-state index contributed by atoms with van der Waals surface area (Å²) in [6, 6.07) is 34.1. The van der Waals surface area contributed by atoms with Crippen LogP contribution in [-0.2, 0) is 0 Å². The van der Waals surface area contributed by atoms with Crippen molar-refractivity contribution in [3.05, 3.63) is 103 Å². The van der Waals surface area contributed by atoms with Crippen molar-refractivity contribution in [1.82, 2.24) is 4.98 Å². The van der Waals surface area contributed by atoms with Crippen molar-refractivity contribution in [2.45, 2.75) is 6.92 Å². The molecular weight excluding hydrogens is 326 g/mol. The Labute approximate surface area is 158 Å². The molecule has 0 atom stereocenters. The molecule has 0 saturated carbocycles. The monoisotopic (exact) mass is 345 g/mol. The number of hydrogen-bond acceptors (Lipinski definition) is 1. The van der Waals surface area contributed by atoms with E-state index in [9.17, 15) is 0 Å². The van der Waals surface area contributed by atoms with Crippen LogP contribution in [0.1, 0.15) is 5.69 Å². The van der Waals surface area contributed by atoms with E-state index in [1.54, 1.807) is 0 Å². The first kappa shape index (κ1) is 15.8. The number of pyridine rings is 1. The van der Waals surface area contributed by atoms with Gasteiger partial charge in [-0.05, 0) is 23.3 Å². The number of aryl methyl sites for hydroxylation is 1. The van der Waals surface area contributed by atoms with Crippen LogP contribution in [0.2, 0.25) is 0 Å². The van der Waals surface area contributed by atoms with Gasteiger partial charge in [-0.25, -0.2) is 0 Å². The molecule has 1 nitrogen and oxygen atoms in total. The van der Waals surface area contributed by atoms with Crippen LogP contribution in [0.25, 0.3) is 43.9 Å². The lowest BCUT2D eigenvalue weighted by Gasteiger charge is -2.17. The Morgan fingerprint density at radius 2 is 1.19 bits per heavy atom. The molecule has 0 amide bonds. The van der Waals surface area contributed by atoms with Gasteiger partial charge in [0.2, 0.25) is 0 Å². The Kier molecular flexibility index (Phi) is 3.72. The van der Waals surface area contributed by atoms with Gasteiger partial charge in [0.15, 0.2) is 0 Å². The minimum absolute atomic E-state index is 1.04. The average Bonchev–Trinajstić information content (AvgIpc) is 2.74. The molecule has 0 aliphatic rings. The van der Waals surface area contributed by atoms with Crippen molar-refractivity contribution in [3.63, 3.8) is 0 Å². The molecule has 0 bridgehead atoms. The fourth-order valence-corrected chi connectivity index (χ4v) is 3.94. The Bertz CT molecular complexity index is 1260. The average molecular weight is 345 g/mol. The van der Waals surface area contributed by atoms with Gasteiger partial charge in [-0.1, -0.05) is 97.1 Å². The molecule has 5 aromatic rings. The third kappa shape index (κ3) is 2.60. The maximum Gasteiger partial charge on any atom is 0.0790 e. The minimum Gasteiger partial charge on any atom is -0.252 e. The van der Waals surface area contributed by atoms with Gasteiger partial charge in [0.1, 0.15) is 0 Å². The number of rotatable bonds is 2. The van der Waals surface area contributed by atoms with Gasteiger partial charge in [-0.15, -0.1) is 0 Å². The van der Waals surface area contributed by atoms with Crippen LogP contribution in [0, 0.1) is 6.92 Å². The van der Waals surface area contributed by atoms with E-state index in [4.69, 9.17) is 4.98 Å². The zero-order valence-electron chi connectivity index (χ0n) is 15.2. The van der Waals surface area contributed by atoms with Gasteiger partial charge in [0.25, 0.3) is 0 Å². The number of aromatic nitrogens is 1. The summed E-state index contributed by atoms with van der Waals surface area (Å²) in [6.45, 7) is 2.11. The fraction of sp³-hybridized carbons (Fsp3) is 0.0385. The lowest BCUT2D eigenvalue weighted by Crippen LogP contribution is -1.96. The largest absolute Gasteiger partial charge is 0.252 e. The zero-order chi connectivity index (χ0) is 18.2. The van der Waals surface area contributed by atoms with Gasteiger partial charge in [-0.3, -0.25) is 4.98 Å². The van der Waals surface area contributed by atoms with E-state index in [-0.39, 0.29) is 0 Å². The first-order valence-corrected chi connectivity index (χ1v) is 9.26. The van der Waals surface area contributed by atoms with Crippen LogP contribution in [0.4, 0.5) is 0 Å². The summed E-state index contributed by atoms with van der Waals surface area (Å²) in [6.07, 6.45) is 0. The summed E-state index contributed by atoms with van der Waals surface area (Å²) in [4.78, 5) is 5.05. The summed E-state index contributed by atoms with van der Waals surface area (Å²) in [5.74, 6) is 0. The first-order chi connectivity index (χ1) is 13.3. The van der Waals surface area contributed by atoms with E-state index >= 15 is 0 Å². The molecule has 0 unspecified atom stereocenters. The van der Waals surface area contributed by atoms with Gasteiger partial charge in [-0.2, -0.15) is 0 Å². The standard InChI is InChI=1S/C26H19N/c1-18-22-17-16-19-10-8-9-15-23(19)25(22)24(20-11-4-2-5-12-20)26(27-18)21-13-6-3-7-14-21/h2-17H,1H3. The Morgan fingerprint density at radius 1 is 0.556 bits per heavy atom. The molecule has 0 aliphatic heterocycles. The minimum atomic E-state index is 1.04. The second kappa shape index (κ2) is 6.37. The maximum absolute atomic E-state index is 5.05. The number of fused-ring (bicyclic) bond motifs is 3. The molecule has 1 heteroatoms. The molecule has 0 N–H and O–H groups in total. The molecule has 0 spiro atoms. The smallest absolute Gasteiger partial charge is 0.0790 e. The lowest BCUT2D eigenvalue weighted by atomic mass is 9.90. The summed E-state index contributed by atoms with van der Waals surface area (Å²) in [5, 5.41) is 5.03. The van der Waals surface area contributed by atoms with Crippen molar-refractivity contribution in [1.29, 1.82) is 0 Å². The molecule has 0 aliphatic carbocycles. The number of nitrogens with zero attached hydrogens (tertiary/aromatic N) is 1. The lowest BCUT2D eigenvalue weighted by molar-refractivity contribution is 1.24. The topological polar surface area (TPSA) is 12.9 Å². The van der Waals surface area contributed by atoms with Crippen molar-refractivity contribution in [2.24, 2.45) is 0 Å². The highest BCUT2D eigenvalue weighted by Crippen LogP contribution is 2.41. The highest BCUT2D eigenvalue weighted by Gasteiger charge is 2.17. The molecule has 1 heterocycles. The maximum atomic E-state index is 5.05. The predicted molar refractivity (Wildman–Crippen MR) is 115 cm³/mol. The van der Waals surface area contributed by atoms with E-state index in [1.807, 2.05) is 0 Å². The van der Waals surface area contributed by atoms with Crippen LogP contribution >= 0.6 is 0 Å². The molecule has 0 radical (unpaired) electrons. The third-order valence-electron chi connectivity index (χ3n) is 5.19. The van der Waals surface area contributed by atoms with Crippen LogP contribution in [0.5, 0.6) is 0 Å². The first-order valence-electron chi connectivity index (χ1n) is 9.26. The normalized spacial score (nSPS) is 11.1. The summed E-state index contributed by atoms with van der Waals surface area (Å²) in [7, 11) is 0. The van der Waals surface area contributed by atoms with Crippen LogP contribution in [0.3, 0.4) is 0 Å². The molecule has 1 aromatic heterocycles. The van der Waals surface area contributed by atoms with E-state index in [2.05, 4.69) is 104 Å². The van der Waals surface area contributed by atoms with Crippen LogP contribution < -0.4 is 0 Å². The van der Waals surface area contributed by atoms with Crippen LogP contribution in [0.15, 0.2) is 97.1 Å². The zero-order valence-corrected chi connectivity index (χ0v) is 15.2. The van der Waals surface area contributed by atoms with Crippen LogP contribution in [-0.4, -0.2) is 4.98 Å². The van der Waals surface area contributed by atoms with E-state index in [1.165, 1.54) is 32.7 Å². The van der Waals surface area contributed by atoms with Gasteiger partial charge in [0.05, 0.1) is 5.69 Å². The van der Waals surface area contributed by atoms with Crippen molar-refractivity contribution < 1.29 is 0 Å². The quantitative estimate of drug-likeness (QED) is 0.313. The second-order valence-electron chi connectivity index (χ2n) is 6.86. The second-order valence-corrected chi connectivity index (χ2v) is 6.86. The third-order valence-corrected chi connectivity index (χ3v) is 5.19. The molecule has 4 aromatic carbocycles. The Hall–Kier alpha value is -3.45. The van der Waals surface area contributed by atoms with E-state index in [0.717, 1.165) is 17.0 Å². The predicted octanol–water partition coefficient (Wildman–Crippen LogP) is 7.03. The van der Waals surface area contributed by atoms with Crippen molar-refractivity contribution in [3.8, 4) is 22.4 Å². The van der Waals surface area contributed by atoms with E-state index < -0.39 is 0 Å².